The van der Waals surface area contributed by atoms with Gasteiger partial charge in [-0.1, -0.05) is 0 Å². The van der Waals surface area contributed by atoms with Crippen LogP contribution in [-0.2, 0) is 0 Å². The summed E-state index contributed by atoms with van der Waals surface area (Å²) in [5.74, 6) is 1.10. The first-order chi connectivity index (χ1) is 15.0. The Bertz CT molecular complexity index is 1200. The Hall–Kier alpha value is -3.39. The van der Waals surface area contributed by atoms with Crippen LogP contribution in [0.1, 0.15) is 15.4 Å². The fourth-order valence-electron chi connectivity index (χ4n) is 3.17. The maximum absolute atomic E-state index is 13.3. The Morgan fingerprint density at radius 1 is 1.13 bits per heavy atom. The van der Waals surface area contributed by atoms with Crippen molar-refractivity contribution >= 4 is 27.5 Å². The molecule has 0 saturated heterocycles. The molecular formula is C23H22FN3O3S. The summed E-state index contributed by atoms with van der Waals surface area (Å²) < 4.78 is 25.9. The lowest BCUT2D eigenvalue weighted by molar-refractivity contribution is 0.0778. The topological polar surface area (TPSA) is 56.6 Å². The molecule has 0 aliphatic rings. The van der Waals surface area contributed by atoms with Crippen LogP contribution < -0.4 is 9.47 Å². The van der Waals surface area contributed by atoms with Gasteiger partial charge in [-0.15, -0.1) is 11.3 Å². The zero-order chi connectivity index (χ0) is 22.0. The van der Waals surface area contributed by atoms with Crippen molar-refractivity contribution < 1.29 is 18.7 Å². The minimum absolute atomic E-state index is 0.0791. The van der Waals surface area contributed by atoms with Gasteiger partial charge in [0.25, 0.3) is 5.91 Å². The van der Waals surface area contributed by atoms with Crippen LogP contribution in [0.2, 0.25) is 0 Å². The van der Waals surface area contributed by atoms with Gasteiger partial charge in [-0.2, -0.15) is 5.10 Å². The van der Waals surface area contributed by atoms with Crippen molar-refractivity contribution in [3.63, 3.8) is 0 Å². The average molecular weight is 440 g/mol. The molecule has 31 heavy (non-hydrogen) atoms. The zero-order valence-corrected chi connectivity index (χ0v) is 18.3. The number of methoxy groups -OCH3 is 1. The molecule has 0 atom stereocenters. The summed E-state index contributed by atoms with van der Waals surface area (Å²) in [4.78, 5) is 16.0. The number of aryl methyl sites for hydroxylation is 1. The molecule has 0 fully saturated rings. The number of carbonyl (C=O) groups is 1. The number of fused-ring (bicyclic) bond motifs is 1. The second kappa shape index (κ2) is 8.77. The van der Waals surface area contributed by atoms with E-state index < -0.39 is 0 Å². The van der Waals surface area contributed by atoms with E-state index in [0.717, 1.165) is 33.1 Å². The number of thiophene rings is 1. The Labute approximate surface area is 183 Å². The number of hydrogen-bond donors (Lipinski definition) is 0. The summed E-state index contributed by atoms with van der Waals surface area (Å²) in [7, 11) is 3.37. The molecular weight excluding hydrogens is 417 g/mol. The highest BCUT2D eigenvalue weighted by Crippen LogP contribution is 2.31. The third kappa shape index (κ3) is 4.39. The number of halogens is 1. The number of ether oxygens (including phenoxy) is 2. The number of nitrogens with zero attached hydrogens (tertiary/aromatic N) is 3. The molecule has 0 bridgehead atoms. The molecule has 0 unspecified atom stereocenters. The van der Waals surface area contributed by atoms with Gasteiger partial charge in [-0.3, -0.25) is 4.79 Å². The van der Waals surface area contributed by atoms with Gasteiger partial charge in [-0.05, 0) is 61.5 Å². The van der Waals surface area contributed by atoms with E-state index in [1.807, 2.05) is 37.3 Å². The second-order valence-electron chi connectivity index (χ2n) is 7.05. The van der Waals surface area contributed by atoms with Gasteiger partial charge in [-0.25, -0.2) is 9.07 Å². The first-order valence-corrected chi connectivity index (χ1v) is 10.6. The lowest BCUT2D eigenvalue weighted by Gasteiger charge is -2.16. The predicted octanol–water partition coefficient (Wildman–Crippen LogP) is 4.69. The molecule has 1 amide bonds. The maximum atomic E-state index is 13.3. The van der Waals surface area contributed by atoms with E-state index in [9.17, 15) is 9.18 Å². The summed E-state index contributed by atoms with van der Waals surface area (Å²) in [6, 6.07) is 15.3. The number of amides is 1. The van der Waals surface area contributed by atoms with Crippen LogP contribution in [0.3, 0.4) is 0 Å². The zero-order valence-electron chi connectivity index (χ0n) is 17.5. The lowest BCUT2D eigenvalue weighted by atomic mass is 10.3. The first kappa shape index (κ1) is 20.9. The second-order valence-corrected chi connectivity index (χ2v) is 8.08. The lowest BCUT2D eigenvalue weighted by Crippen LogP contribution is -2.30. The SMILES string of the molecule is COc1ccc(OCCN(C)C(=O)c2cc3c(C)nn(-c4ccc(F)cc4)c3s2)cc1. The van der Waals surface area contributed by atoms with E-state index in [0.29, 0.717) is 18.0 Å². The summed E-state index contributed by atoms with van der Waals surface area (Å²) in [6.07, 6.45) is 0. The molecule has 4 rings (SSSR count). The molecule has 0 radical (unpaired) electrons. The van der Waals surface area contributed by atoms with Crippen molar-refractivity contribution in [1.82, 2.24) is 14.7 Å². The third-order valence-corrected chi connectivity index (χ3v) is 6.03. The monoisotopic (exact) mass is 439 g/mol. The van der Waals surface area contributed by atoms with Gasteiger partial charge < -0.3 is 14.4 Å². The standard InChI is InChI=1S/C23H22FN3O3S/c1-15-20-14-21(31-23(20)27(25-15)17-6-4-16(24)5-7-17)22(28)26(2)12-13-30-19-10-8-18(29-3)9-11-19/h4-11,14H,12-13H2,1-3H3. The molecule has 4 aromatic rings. The van der Waals surface area contributed by atoms with Crippen molar-refractivity contribution in [3.8, 4) is 17.2 Å². The van der Waals surface area contributed by atoms with Crippen LogP contribution in [0.15, 0.2) is 54.6 Å². The summed E-state index contributed by atoms with van der Waals surface area (Å²) in [5.41, 5.74) is 1.57. The van der Waals surface area contributed by atoms with Gasteiger partial charge in [0.15, 0.2) is 0 Å². The van der Waals surface area contributed by atoms with Gasteiger partial charge >= 0.3 is 0 Å². The van der Waals surface area contributed by atoms with Crippen LogP contribution >= 0.6 is 11.3 Å². The fourth-order valence-corrected chi connectivity index (χ4v) is 4.35. The van der Waals surface area contributed by atoms with Crippen molar-refractivity contribution in [3.05, 3.63) is 71.0 Å². The quantitative estimate of drug-likeness (QED) is 0.419. The molecule has 2 heterocycles. The van der Waals surface area contributed by atoms with E-state index in [1.54, 1.807) is 35.9 Å². The number of hydrogen-bond acceptors (Lipinski definition) is 5. The van der Waals surface area contributed by atoms with Crippen molar-refractivity contribution in [2.24, 2.45) is 0 Å². The summed E-state index contributed by atoms with van der Waals surface area (Å²) in [6.45, 7) is 2.72. The molecule has 0 N–H and O–H groups in total. The molecule has 6 nitrogen and oxygen atoms in total. The maximum Gasteiger partial charge on any atom is 0.263 e. The third-order valence-electron chi connectivity index (χ3n) is 4.93. The Balaban J connectivity index is 1.45. The highest BCUT2D eigenvalue weighted by molar-refractivity contribution is 7.20. The van der Waals surface area contributed by atoms with Gasteiger partial charge in [0.05, 0.1) is 29.9 Å². The number of rotatable bonds is 7. The van der Waals surface area contributed by atoms with Crippen LogP contribution in [-0.4, -0.2) is 47.9 Å². The van der Waals surface area contributed by atoms with E-state index in [1.165, 1.54) is 23.5 Å². The minimum Gasteiger partial charge on any atom is -0.497 e. The van der Waals surface area contributed by atoms with Crippen molar-refractivity contribution in [1.29, 1.82) is 0 Å². The van der Waals surface area contributed by atoms with Crippen molar-refractivity contribution in [2.45, 2.75) is 6.92 Å². The predicted molar refractivity (Wildman–Crippen MR) is 119 cm³/mol. The molecule has 8 heteroatoms. The molecule has 2 aromatic carbocycles. The Morgan fingerprint density at radius 2 is 1.81 bits per heavy atom. The van der Waals surface area contributed by atoms with Crippen LogP contribution in [0.4, 0.5) is 4.39 Å². The molecule has 160 valence electrons. The van der Waals surface area contributed by atoms with Crippen LogP contribution in [0, 0.1) is 12.7 Å². The summed E-state index contributed by atoms with van der Waals surface area (Å²) in [5, 5.41) is 5.46. The normalized spacial score (nSPS) is 11.0. The van der Waals surface area contributed by atoms with Gasteiger partial charge in [0, 0.05) is 12.4 Å². The smallest absolute Gasteiger partial charge is 0.263 e. The molecule has 2 aromatic heterocycles. The van der Waals surface area contributed by atoms with Crippen LogP contribution in [0.25, 0.3) is 15.9 Å². The highest BCUT2D eigenvalue weighted by Gasteiger charge is 2.19. The first-order valence-electron chi connectivity index (χ1n) is 9.73. The van der Waals surface area contributed by atoms with Crippen LogP contribution in [0.5, 0.6) is 11.5 Å². The number of benzene rings is 2. The van der Waals surface area contributed by atoms with Gasteiger partial charge in [0.2, 0.25) is 0 Å². The Kier molecular flexibility index (Phi) is 5.90. The molecule has 0 saturated carbocycles. The van der Waals surface area contributed by atoms with Crippen molar-refractivity contribution in [2.75, 3.05) is 27.3 Å². The average Bonchev–Trinajstić information content (AvgIpc) is 3.35. The van der Waals surface area contributed by atoms with E-state index >= 15 is 0 Å². The van der Waals surface area contributed by atoms with E-state index in [-0.39, 0.29) is 11.7 Å². The van der Waals surface area contributed by atoms with Gasteiger partial charge in [0.1, 0.15) is 28.8 Å². The molecule has 0 aliphatic heterocycles. The van der Waals surface area contributed by atoms with E-state index in [4.69, 9.17) is 9.47 Å². The molecule has 0 spiro atoms. The minimum atomic E-state index is -0.301. The number of aromatic nitrogens is 2. The number of likely N-dealkylation sites (N-methyl/N-ethyl adjacent to an activating group) is 1. The highest BCUT2D eigenvalue weighted by atomic mass is 32.1. The largest absolute Gasteiger partial charge is 0.497 e. The number of carbonyl (C=O) groups excluding carboxylic acids is 1. The Morgan fingerprint density at radius 3 is 2.48 bits per heavy atom. The molecule has 0 aliphatic carbocycles. The van der Waals surface area contributed by atoms with E-state index in [2.05, 4.69) is 5.10 Å². The fraction of sp³-hybridized carbons (Fsp3) is 0.217. The summed E-state index contributed by atoms with van der Waals surface area (Å²) >= 11 is 1.37.